The van der Waals surface area contributed by atoms with Gasteiger partial charge in [0.2, 0.25) is 0 Å². The maximum Gasteiger partial charge on any atom is 0.309 e. The molecule has 0 atom stereocenters. The summed E-state index contributed by atoms with van der Waals surface area (Å²) in [4.78, 5) is 25.9. The third-order valence-corrected chi connectivity index (χ3v) is 10.2. The van der Waals surface area contributed by atoms with Crippen molar-refractivity contribution in [1.82, 2.24) is 4.31 Å². The topological polar surface area (TPSA) is 117 Å². The van der Waals surface area contributed by atoms with Crippen molar-refractivity contribution in [3.8, 4) is 6.07 Å². The molecule has 0 aromatic carbocycles. The molecule has 11 heteroatoms. The van der Waals surface area contributed by atoms with Gasteiger partial charge < -0.3 is 10.1 Å². The third-order valence-electron chi connectivity index (χ3n) is 5.76. The van der Waals surface area contributed by atoms with Gasteiger partial charge in [-0.2, -0.15) is 9.57 Å². The molecule has 32 heavy (non-hydrogen) atoms. The summed E-state index contributed by atoms with van der Waals surface area (Å²) in [5.74, 6) is -1.42. The summed E-state index contributed by atoms with van der Waals surface area (Å²) in [6.07, 6.45) is 4.58. The molecule has 1 N–H and O–H groups in total. The maximum absolute atomic E-state index is 12.6. The fourth-order valence-corrected chi connectivity index (χ4v) is 7.93. The summed E-state index contributed by atoms with van der Waals surface area (Å²) in [5.41, 5.74) is 1.55. The van der Waals surface area contributed by atoms with Crippen molar-refractivity contribution in [2.45, 2.75) is 42.7 Å². The molecule has 0 radical (unpaired) electrons. The molecule has 2 aliphatic rings. The largest absolute Gasteiger partial charge is 0.455 e. The van der Waals surface area contributed by atoms with Gasteiger partial charge in [0.05, 0.1) is 11.5 Å². The minimum Gasteiger partial charge on any atom is -0.455 e. The van der Waals surface area contributed by atoms with Crippen LogP contribution in [-0.2, 0) is 37.2 Å². The number of rotatable bonds is 6. The van der Waals surface area contributed by atoms with E-state index in [-0.39, 0.29) is 13.1 Å². The molecule has 0 saturated carbocycles. The molecule has 1 aliphatic carbocycles. The number of esters is 1. The van der Waals surface area contributed by atoms with Gasteiger partial charge in [-0.25, -0.2) is 8.42 Å². The number of hydrogen-bond donors (Lipinski definition) is 1. The number of amides is 1. The van der Waals surface area contributed by atoms with Crippen LogP contribution in [-0.4, -0.2) is 44.3 Å². The molecule has 0 spiro atoms. The Morgan fingerprint density at radius 1 is 1.25 bits per heavy atom. The van der Waals surface area contributed by atoms with Gasteiger partial charge in [0.15, 0.2) is 6.61 Å². The molecule has 0 unspecified atom stereocenters. The van der Waals surface area contributed by atoms with Crippen LogP contribution in [0.2, 0.25) is 0 Å². The van der Waals surface area contributed by atoms with E-state index in [1.807, 2.05) is 0 Å². The Morgan fingerprint density at radius 3 is 2.69 bits per heavy atom. The molecule has 0 bridgehead atoms. The van der Waals surface area contributed by atoms with E-state index < -0.39 is 34.4 Å². The van der Waals surface area contributed by atoms with Crippen LogP contribution in [0.4, 0.5) is 5.00 Å². The first-order valence-corrected chi connectivity index (χ1v) is 13.6. The van der Waals surface area contributed by atoms with Crippen LogP contribution in [0.3, 0.4) is 0 Å². The minimum atomic E-state index is -3.53. The first-order valence-electron chi connectivity index (χ1n) is 10.4. The predicted molar refractivity (Wildman–Crippen MR) is 121 cm³/mol. The van der Waals surface area contributed by atoms with Gasteiger partial charge >= 0.3 is 5.97 Å². The number of nitriles is 1. The standard InChI is InChI=1S/C21H23N3O5S3/c22-12-16-15-4-1-2-5-17(15)31-20(16)23-18(25)13-29-21(26)14-7-9-24(10-8-14)32(27,28)19-6-3-11-30-19/h3,6,11,14H,1-2,4-5,7-10,13H2,(H,23,25). The number of piperidine rings is 1. The first-order chi connectivity index (χ1) is 15.4. The van der Waals surface area contributed by atoms with Crippen LogP contribution < -0.4 is 5.32 Å². The van der Waals surface area contributed by atoms with E-state index >= 15 is 0 Å². The first kappa shape index (κ1) is 22.9. The van der Waals surface area contributed by atoms with E-state index in [0.717, 1.165) is 36.1 Å². The van der Waals surface area contributed by atoms with E-state index in [0.29, 0.717) is 27.6 Å². The number of nitrogens with one attached hydrogen (secondary N) is 1. The van der Waals surface area contributed by atoms with Gasteiger partial charge in [-0.05, 0) is 55.5 Å². The van der Waals surface area contributed by atoms with Gasteiger partial charge in [0.1, 0.15) is 15.3 Å². The molecule has 8 nitrogen and oxygen atoms in total. The smallest absolute Gasteiger partial charge is 0.309 e. The van der Waals surface area contributed by atoms with Crippen molar-refractivity contribution >= 4 is 49.6 Å². The van der Waals surface area contributed by atoms with Crippen molar-refractivity contribution in [3.05, 3.63) is 33.5 Å². The average molecular weight is 494 g/mol. The SMILES string of the molecule is N#Cc1c(NC(=O)COC(=O)C2CCN(S(=O)(=O)c3cccs3)CC2)sc2c1CCCC2. The van der Waals surface area contributed by atoms with Crippen LogP contribution in [0.1, 0.15) is 41.7 Å². The molecule has 4 rings (SSSR count). The Balaban J connectivity index is 1.27. The van der Waals surface area contributed by atoms with E-state index in [1.54, 1.807) is 17.5 Å². The maximum atomic E-state index is 12.6. The monoisotopic (exact) mass is 493 g/mol. The molecular formula is C21H23N3O5S3. The van der Waals surface area contributed by atoms with Crippen molar-refractivity contribution in [2.75, 3.05) is 25.0 Å². The Labute approximate surface area is 194 Å². The molecule has 1 fully saturated rings. The normalized spacial score (nSPS) is 17.3. The van der Waals surface area contributed by atoms with E-state index in [2.05, 4.69) is 11.4 Å². The van der Waals surface area contributed by atoms with E-state index in [9.17, 15) is 23.3 Å². The number of carbonyl (C=O) groups excluding carboxylic acids is 2. The number of anilines is 1. The highest BCUT2D eigenvalue weighted by Gasteiger charge is 2.33. The van der Waals surface area contributed by atoms with Gasteiger partial charge in [-0.15, -0.1) is 22.7 Å². The number of hydrogen-bond acceptors (Lipinski definition) is 8. The van der Waals surface area contributed by atoms with Crippen molar-refractivity contribution in [3.63, 3.8) is 0 Å². The second kappa shape index (κ2) is 9.70. The van der Waals surface area contributed by atoms with Crippen LogP contribution >= 0.6 is 22.7 Å². The van der Waals surface area contributed by atoms with Gasteiger partial charge in [-0.3, -0.25) is 9.59 Å². The lowest BCUT2D eigenvalue weighted by Crippen LogP contribution is -2.40. The molecule has 1 amide bonds. The van der Waals surface area contributed by atoms with Crippen LogP contribution in [0.5, 0.6) is 0 Å². The number of ether oxygens (including phenoxy) is 1. The number of aryl methyl sites for hydroxylation is 1. The minimum absolute atomic E-state index is 0.235. The Hall–Kier alpha value is -2.26. The van der Waals surface area contributed by atoms with Crippen LogP contribution in [0.15, 0.2) is 21.7 Å². The van der Waals surface area contributed by atoms with E-state index in [4.69, 9.17) is 4.74 Å². The molecule has 1 aliphatic heterocycles. The summed E-state index contributed by atoms with van der Waals surface area (Å²) in [7, 11) is -3.53. The zero-order chi connectivity index (χ0) is 22.7. The summed E-state index contributed by atoms with van der Waals surface area (Å²) in [5, 5.41) is 14.4. The molecule has 170 valence electrons. The fraction of sp³-hybridized carbons (Fsp3) is 0.476. The summed E-state index contributed by atoms with van der Waals surface area (Å²) >= 11 is 2.59. The third kappa shape index (κ3) is 4.73. The van der Waals surface area contributed by atoms with Gasteiger partial charge in [-0.1, -0.05) is 6.07 Å². The van der Waals surface area contributed by atoms with Crippen LogP contribution in [0.25, 0.3) is 0 Å². The van der Waals surface area contributed by atoms with Crippen LogP contribution in [0, 0.1) is 17.2 Å². The molecule has 1 saturated heterocycles. The number of thiophene rings is 2. The highest BCUT2D eigenvalue weighted by molar-refractivity contribution is 7.91. The van der Waals surface area contributed by atoms with Crippen molar-refractivity contribution in [1.29, 1.82) is 5.26 Å². The van der Waals surface area contributed by atoms with Crippen molar-refractivity contribution in [2.24, 2.45) is 5.92 Å². The number of carbonyl (C=O) groups is 2. The Kier molecular flexibility index (Phi) is 6.95. The summed E-state index contributed by atoms with van der Waals surface area (Å²) in [6, 6.07) is 5.45. The lowest BCUT2D eigenvalue weighted by atomic mass is 9.96. The number of fused-ring (bicyclic) bond motifs is 1. The molecule has 2 aromatic rings. The summed E-state index contributed by atoms with van der Waals surface area (Å²) in [6.45, 7) is 0.0386. The second-order valence-electron chi connectivity index (χ2n) is 7.79. The zero-order valence-corrected chi connectivity index (χ0v) is 19.8. The van der Waals surface area contributed by atoms with Gasteiger partial charge in [0, 0.05) is 18.0 Å². The fourth-order valence-electron chi connectivity index (χ4n) is 4.06. The Morgan fingerprint density at radius 2 is 2.00 bits per heavy atom. The lowest BCUT2D eigenvalue weighted by Gasteiger charge is -2.29. The van der Waals surface area contributed by atoms with Crippen molar-refractivity contribution < 1.29 is 22.7 Å². The highest BCUT2D eigenvalue weighted by atomic mass is 32.2. The molecular weight excluding hydrogens is 470 g/mol. The lowest BCUT2D eigenvalue weighted by molar-refractivity contribution is -0.152. The highest BCUT2D eigenvalue weighted by Crippen LogP contribution is 2.37. The second-order valence-corrected chi connectivity index (χ2v) is 12.0. The molecule has 3 heterocycles. The number of sulfonamides is 1. The van der Waals surface area contributed by atoms with E-state index in [1.165, 1.54) is 27.0 Å². The summed E-state index contributed by atoms with van der Waals surface area (Å²) < 4.78 is 32.0. The quantitative estimate of drug-likeness (QED) is 0.618. The average Bonchev–Trinajstić information content (AvgIpc) is 3.46. The van der Waals surface area contributed by atoms with Gasteiger partial charge in [0.25, 0.3) is 15.9 Å². The number of nitrogens with zero attached hydrogens (tertiary/aromatic N) is 2. The molecule has 2 aromatic heterocycles. The Bertz CT molecular complexity index is 1140. The predicted octanol–water partition coefficient (Wildman–Crippen LogP) is 3.14. The zero-order valence-electron chi connectivity index (χ0n) is 17.3.